The van der Waals surface area contributed by atoms with Gasteiger partial charge in [-0.2, -0.15) is 0 Å². The van der Waals surface area contributed by atoms with E-state index in [0.717, 1.165) is 66.1 Å². The number of hydrogen-bond acceptors (Lipinski definition) is 5. The van der Waals surface area contributed by atoms with Crippen molar-refractivity contribution in [3.8, 4) is 11.1 Å². The molecule has 2 aromatic heterocycles. The van der Waals surface area contributed by atoms with E-state index in [2.05, 4.69) is 27.7 Å². The molecule has 1 saturated heterocycles. The smallest absolute Gasteiger partial charge is 0.354 e. The highest BCUT2D eigenvalue weighted by Crippen LogP contribution is 2.34. The lowest BCUT2D eigenvalue weighted by molar-refractivity contribution is 0.0336. The van der Waals surface area contributed by atoms with Crippen LogP contribution in [0.4, 0.5) is 16.2 Å². The van der Waals surface area contributed by atoms with E-state index in [-0.39, 0.29) is 16.8 Å². The summed E-state index contributed by atoms with van der Waals surface area (Å²) in [6.45, 7) is 10.1. The van der Waals surface area contributed by atoms with Crippen molar-refractivity contribution in [3.05, 3.63) is 77.9 Å². The van der Waals surface area contributed by atoms with Gasteiger partial charge in [0.05, 0.1) is 30.3 Å². The van der Waals surface area contributed by atoms with Crippen molar-refractivity contribution < 1.29 is 19.4 Å². The standard InChI is InChI=1S/C31H35N5O4/c1-31(2,3)27-17-26(28(29(37)38)35(27)4)34-30(39)33-25-12-11-22(23-7-5-6-8-24(23)25)20-9-10-21(32-18-20)19-36-13-15-40-16-14-36/h5-12,17-18H,13-16,19H2,1-4H3,(H,37,38)(H2,33,34,39). The first kappa shape index (κ1) is 27.4. The number of rotatable bonds is 6. The van der Waals surface area contributed by atoms with Gasteiger partial charge in [-0.1, -0.05) is 57.2 Å². The minimum Gasteiger partial charge on any atom is -0.477 e. The van der Waals surface area contributed by atoms with Crippen LogP contribution in [0.2, 0.25) is 0 Å². The van der Waals surface area contributed by atoms with Crippen LogP contribution in [-0.2, 0) is 23.7 Å². The molecule has 0 atom stereocenters. The fraction of sp³-hybridized carbons (Fsp3) is 0.323. The van der Waals surface area contributed by atoms with Crippen LogP contribution in [0.25, 0.3) is 21.9 Å². The van der Waals surface area contributed by atoms with E-state index in [1.165, 1.54) is 0 Å². The van der Waals surface area contributed by atoms with Gasteiger partial charge in [0, 0.05) is 54.9 Å². The van der Waals surface area contributed by atoms with Gasteiger partial charge in [0.1, 0.15) is 0 Å². The molecular formula is C31H35N5O4. The number of amides is 2. The lowest BCUT2D eigenvalue weighted by atomic mass is 9.92. The highest BCUT2D eigenvalue weighted by molar-refractivity contribution is 6.10. The Morgan fingerprint density at radius 2 is 1.68 bits per heavy atom. The normalized spacial score (nSPS) is 14.3. The van der Waals surface area contributed by atoms with Crippen molar-refractivity contribution in [2.24, 2.45) is 7.05 Å². The van der Waals surface area contributed by atoms with Gasteiger partial charge < -0.3 is 25.0 Å². The highest BCUT2D eigenvalue weighted by Gasteiger charge is 2.26. The summed E-state index contributed by atoms with van der Waals surface area (Å²) in [4.78, 5) is 32.1. The molecule has 0 radical (unpaired) electrons. The number of aromatic carboxylic acids is 1. The van der Waals surface area contributed by atoms with Crippen molar-refractivity contribution in [1.29, 1.82) is 0 Å². The average molecular weight is 542 g/mol. The Morgan fingerprint density at radius 1 is 0.975 bits per heavy atom. The predicted molar refractivity (Wildman–Crippen MR) is 157 cm³/mol. The molecule has 2 aromatic carbocycles. The Morgan fingerprint density at radius 3 is 2.33 bits per heavy atom. The number of aromatic nitrogens is 2. The number of carbonyl (C=O) groups is 2. The SMILES string of the molecule is Cn1c(C(C)(C)C)cc(NC(=O)Nc2ccc(-c3ccc(CN4CCOCC4)nc3)c3ccccc23)c1C(=O)O. The molecule has 208 valence electrons. The van der Waals surface area contributed by atoms with Gasteiger partial charge >= 0.3 is 12.0 Å². The number of fused-ring (bicyclic) bond motifs is 1. The van der Waals surface area contributed by atoms with Crippen LogP contribution >= 0.6 is 0 Å². The molecule has 2 amide bonds. The van der Waals surface area contributed by atoms with Gasteiger partial charge in [0.25, 0.3) is 0 Å². The highest BCUT2D eigenvalue weighted by atomic mass is 16.5. The van der Waals surface area contributed by atoms with Gasteiger partial charge in [-0.05, 0) is 29.1 Å². The number of benzene rings is 2. The number of hydrogen-bond donors (Lipinski definition) is 3. The maximum atomic E-state index is 13.1. The van der Waals surface area contributed by atoms with Gasteiger partial charge in [-0.3, -0.25) is 9.88 Å². The summed E-state index contributed by atoms with van der Waals surface area (Å²) in [5.74, 6) is -1.10. The second-order valence-corrected chi connectivity index (χ2v) is 11.1. The average Bonchev–Trinajstić information content (AvgIpc) is 3.26. The third-order valence-electron chi connectivity index (χ3n) is 7.25. The van der Waals surface area contributed by atoms with Crippen molar-refractivity contribution in [1.82, 2.24) is 14.5 Å². The number of urea groups is 1. The zero-order valence-corrected chi connectivity index (χ0v) is 23.3. The van der Waals surface area contributed by atoms with Crippen LogP contribution in [0.15, 0.2) is 60.8 Å². The molecule has 3 heterocycles. The van der Waals surface area contributed by atoms with E-state index in [0.29, 0.717) is 5.69 Å². The first-order chi connectivity index (χ1) is 19.1. The molecule has 1 fully saturated rings. The molecule has 0 saturated carbocycles. The zero-order chi connectivity index (χ0) is 28.4. The quantitative estimate of drug-likeness (QED) is 0.288. The molecule has 1 aliphatic heterocycles. The summed E-state index contributed by atoms with van der Waals surface area (Å²) in [6.07, 6.45) is 1.90. The van der Waals surface area contributed by atoms with Gasteiger partial charge in [-0.15, -0.1) is 0 Å². The predicted octanol–water partition coefficient (Wildman–Crippen LogP) is 5.71. The minimum atomic E-state index is -1.10. The molecule has 4 aromatic rings. The van der Waals surface area contributed by atoms with Crippen LogP contribution in [0.5, 0.6) is 0 Å². The van der Waals surface area contributed by atoms with Crippen LogP contribution in [0.3, 0.4) is 0 Å². The monoisotopic (exact) mass is 541 g/mol. The molecule has 9 nitrogen and oxygen atoms in total. The number of morpholine rings is 1. The number of carboxylic acid groups (broad SMARTS) is 1. The van der Waals surface area contributed by atoms with E-state index in [4.69, 9.17) is 9.72 Å². The van der Waals surface area contributed by atoms with Gasteiger partial charge in [0.15, 0.2) is 5.69 Å². The van der Waals surface area contributed by atoms with Crippen molar-refractivity contribution in [3.63, 3.8) is 0 Å². The molecule has 0 aliphatic carbocycles. The Bertz CT molecular complexity index is 1550. The van der Waals surface area contributed by atoms with E-state index in [1.54, 1.807) is 17.7 Å². The van der Waals surface area contributed by atoms with Crippen LogP contribution in [0.1, 0.15) is 42.6 Å². The number of carbonyl (C=O) groups excluding carboxylic acids is 1. The Hall–Kier alpha value is -4.21. The Kier molecular flexibility index (Phi) is 7.60. The summed E-state index contributed by atoms with van der Waals surface area (Å²) in [5, 5.41) is 17.3. The number of pyridine rings is 1. The van der Waals surface area contributed by atoms with Gasteiger partial charge in [-0.25, -0.2) is 9.59 Å². The van der Waals surface area contributed by atoms with Crippen LogP contribution in [0, 0.1) is 0 Å². The van der Waals surface area contributed by atoms with E-state index < -0.39 is 12.0 Å². The minimum absolute atomic E-state index is 0.0323. The number of nitrogens with zero attached hydrogens (tertiary/aromatic N) is 3. The summed E-state index contributed by atoms with van der Waals surface area (Å²) >= 11 is 0. The number of ether oxygens (including phenoxy) is 1. The van der Waals surface area contributed by atoms with E-state index in [1.807, 2.05) is 63.4 Å². The maximum absolute atomic E-state index is 13.1. The molecule has 5 rings (SSSR count). The first-order valence-electron chi connectivity index (χ1n) is 13.4. The molecule has 0 unspecified atom stereocenters. The third-order valence-corrected chi connectivity index (χ3v) is 7.25. The molecule has 40 heavy (non-hydrogen) atoms. The summed E-state index contributed by atoms with van der Waals surface area (Å²) < 4.78 is 7.05. The third kappa shape index (κ3) is 5.71. The summed E-state index contributed by atoms with van der Waals surface area (Å²) in [7, 11) is 1.70. The number of nitrogens with one attached hydrogen (secondary N) is 2. The van der Waals surface area contributed by atoms with Crippen LogP contribution < -0.4 is 10.6 Å². The molecule has 3 N–H and O–H groups in total. The Labute approximate surface area is 233 Å². The molecule has 0 bridgehead atoms. The van der Waals surface area contributed by atoms with Crippen molar-refractivity contribution in [2.45, 2.75) is 32.7 Å². The van der Waals surface area contributed by atoms with E-state index in [9.17, 15) is 14.7 Å². The number of anilines is 2. The lowest BCUT2D eigenvalue weighted by Gasteiger charge is -2.26. The Balaban J connectivity index is 1.38. The first-order valence-corrected chi connectivity index (χ1v) is 13.4. The van der Waals surface area contributed by atoms with Crippen molar-refractivity contribution >= 4 is 34.1 Å². The fourth-order valence-electron chi connectivity index (χ4n) is 5.28. The fourth-order valence-corrected chi connectivity index (χ4v) is 5.28. The largest absolute Gasteiger partial charge is 0.477 e. The molecule has 9 heteroatoms. The van der Waals surface area contributed by atoms with Crippen LogP contribution in [-0.4, -0.2) is 57.9 Å². The zero-order valence-electron chi connectivity index (χ0n) is 23.3. The second-order valence-electron chi connectivity index (χ2n) is 11.1. The molecule has 1 aliphatic rings. The maximum Gasteiger partial charge on any atom is 0.354 e. The number of carboxylic acids is 1. The molecular weight excluding hydrogens is 506 g/mol. The molecule has 0 spiro atoms. The van der Waals surface area contributed by atoms with Crippen molar-refractivity contribution in [2.75, 3.05) is 36.9 Å². The summed E-state index contributed by atoms with van der Waals surface area (Å²) in [6, 6.07) is 17.1. The van der Waals surface area contributed by atoms with E-state index >= 15 is 0 Å². The second kappa shape index (κ2) is 11.1. The summed E-state index contributed by atoms with van der Waals surface area (Å²) in [5.41, 5.74) is 4.43. The van der Waals surface area contributed by atoms with Gasteiger partial charge in [0.2, 0.25) is 0 Å². The topological polar surface area (TPSA) is 109 Å². The lowest BCUT2D eigenvalue weighted by Crippen LogP contribution is -2.35.